The van der Waals surface area contributed by atoms with Crippen LogP contribution in [0.3, 0.4) is 0 Å². The third kappa shape index (κ3) is 2.96. The third-order valence-corrected chi connectivity index (χ3v) is 4.47. The summed E-state index contributed by atoms with van der Waals surface area (Å²) in [6, 6.07) is 5.87. The molecule has 1 aliphatic heterocycles. The Morgan fingerprint density at radius 3 is 2.84 bits per heavy atom. The smallest absolute Gasteiger partial charge is 0.254 e. The van der Waals surface area contributed by atoms with Gasteiger partial charge in [0.1, 0.15) is 0 Å². The van der Waals surface area contributed by atoms with Crippen LogP contribution < -0.4 is 0 Å². The molecule has 1 aliphatic rings. The third-order valence-electron chi connectivity index (χ3n) is 3.36. The number of carbonyl (C=O) groups excluding carboxylic acids is 1. The lowest BCUT2D eigenvalue weighted by Gasteiger charge is -2.23. The number of hydrogen-bond acceptors (Lipinski definition) is 4. The summed E-state index contributed by atoms with van der Waals surface area (Å²) in [6.07, 6.45) is 2.76. The number of rotatable bonds is 3. The van der Waals surface area contributed by atoms with E-state index in [1.165, 1.54) is 12.1 Å². The summed E-state index contributed by atoms with van der Waals surface area (Å²) < 4.78 is 23.0. The van der Waals surface area contributed by atoms with Gasteiger partial charge in [-0.3, -0.25) is 4.79 Å². The van der Waals surface area contributed by atoms with Crippen molar-refractivity contribution in [3.63, 3.8) is 0 Å². The van der Waals surface area contributed by atoms with Crippen LogP contribution in [0.15, 0.2) is 29.2 Å². The number of amides is 1. The van der Waals surface area contributed by atoms with Gasteiger partial charge < -0.3 is 10.0 Å². The van der Waals surface area contributed by atoms with Crippen molar-refractivity contribution >= 4 is 15.7 Å². The Kier molecular flexibility index (Phi) is 3.91. The summed E-state index contributed by atoms with van der Waals surface area (Å²) in [5.41, 5.74) is 0.350. The van der Waals surface area contributed by atoms with Crippen molar-refractivity contribution in [1.82, 2.24) is 4.90 Å². The molecule has 0 aromatic heterocycles. The van der Waals surface area contributed by atoms with Gasteiger partial charge in [0.2, 0.25) is 0 Å². The molecule has 1 heterocycles. The molecule has 1 atom stereocenters. The Hall–Kier alpha value is -1.40. The number of aliphatic hydroxyl groups excluding tert-OH is 1. The predicted molar refractivity (Wildman–Crippen MR) is 70.7 cm³/mol. The first-order valence-corrected chi connectivity index (χ1v) is 8.04. The molecule has 1 aromatic carbocycles. The summed E-state index contributed by atoms with van der Waals surface area (Å²) in [5.74, 6) is -0.220. The van der Waals surface area contributed by atoms with Crippen molar-refractivity contribution in [2.24, 2.45) is 0 Å². The van der Waals surface area contributed by atoms with Gasteiger partial charge in [-0.15, -0.1) is 0 Å². The Labute approximate surface area is 112 Å². The topological polar surface area (TPSA) is 74.7 Å². The van der Waals surface area contributed by atoms with Crippen LogP contribution in [0.5, 0.6) is 0 Å². The molecule has 0 spiro atoms. The lowest BCUT2D eigenvalue weighted by atomic mass is 10.2. The molecule has 1 amide bonds. The fourth-order valence-electron chi connectivity index (χ4n) is 2.32. The Morgan fingerprint density at radius 2 is 2.21 bits per heavy atom. The molecule has 0 bridgehead atoms. The Balaban J connectivity index is 2.29. The lowest BCUT2D eigenvalue weighted by Crippen LogP contribution is -2.37. The highest BCUT2D eigenvalue weighted by atomic mass is 32.2. The lowest BCUT2D eigenvalue weighted by molar-refractivity contribution is 0.0677. The number of aliphatic hydroxyl groups is 1. The van der Waals surface area contributed by atoms with Crippen molar-refractivity contribution in [2.45, 2.75) is 23.8 Å². The summed E-state index contributed by atoms with van der Waals surface area (Å²) >= 11 is 0. The highest BCUT2D eigenvalue weighted by Crippen LogP contribution is 2.21. The zero-order valence-electron chi connectivity index (χ0n) is 10.7. The molecule has 0 aliphatic carbocycles. The molecule has 104 valence electrons. The second-order valence-electron chi connectivity index (χ2n) is 4.78. The first-order chi connectivity index (χ1) is 8.93. The van der Waals surface area contributed by atoms with Gasteiger partial charge in [-0.2, -0.15) is 0 Å². The van der Waals surface area contributed by atoms with Gasteiger partial charge in [0.05, 0.1) is 17.5 Å². The number of carbonyl (C=O) groups is 1. The quantitative estimate of drug-likeness (QED) is 0.885. The maximum absolute atomic E-state index is 12.3. The van der Waals surface area contributed by atoms with Crippen LogP contribution >= 0.6 is 0 Å². The molecule has 19 heavy (non-hydrogen) atoms. The Morgan fingerprint density at radius 1 is 1.47 bits per heavy atom. The molecule has 5 nitrogen and oxygen atoms in total. The molecule has 6 heteroatoms. The van der Waals surface area contributed by atoms with Gasteiger partial charge in [0, 0.05) is 18.4 Å². The van der Waals surface area contributed by atoms with Gasteiger partial charge in [-0.25, -0.2) is 8.42 Å². The summed E-state index contributed by atoms with van der Waals surface area (Å²) in [7, 11) is -3.32. The van der Waals surface area contributed by atoms with Gasteiger partial charge >= 0.3 is 0 Å². The van der Waals surface area contributed by atoms with Crippen LogP contribution in [0, 0.1) is 0 Å². The van der Waals surface area contributed by atoms with Crippen molar-refractivity contribution in [2.75, 3.05) is 19.4 Å². The van der Waals surface area contributed by atoms with Gasteiger partial charge in [-0.1, -0.05) is 6.07 Å². The molecule has 0 saturated carbocycles. The van der Waals surface area contributed by atoms with E-state index in [-0.39, 0.29) is 23.5 Å². The average Bonchev–Trinajstić information content (AvgIpc) is 2.85. The second-order valence-corrected chi connectivity index (χ2v) is 6.79. The number of benzene rings is 1. The molecular weight excluding hydrogens is 266 g/mol. The molecule has 1 fully saturated rings. The molecule has 0 unspecified atom stereocenters. The maximum atomic E-state index is 12.3. The standard InChI is InChI=1S/C13H17NO4S/c1-19(17,18)12-6-2-4-10(8-12)13(16)14-7-3-5-11(14)9-15/h2,4,6,8,11,15H,3,5,7,9H2,1H3/t11-/m1/s1. The number of nitrogens with zero attached hydrogens (tertiary/aromatic N) is 1. The van der Waals surface area contributed by atoms with Gasteiger partial charge in [0.15, 0.2) is 9.84 Å². The molecule has 2 rings (SSSR count). The van der Waals surface area contributed by atoms with Crippen molar-refractivity contribution < 1.29 is 18.3 Å². The number of likely N-dealkylation sites (tertiary alicyclic amines) is 1. The summed E-state index contributed by atoms with van der Waals surface area (Å²) in [5, 5.41) is 9.23. The first-order valence-electron chi connectivity index (χ1n) is 6.15. The van der Waals surface area contributed by atoms with Crippen LogP contribution in [0.25, 0.3) is 0 Å². The second kappa shape index (κ2) is 5.30. The molecular formula is C13H17NO4S. The van der Waals surface area contributed by atoms with E-state index in [1.54, 1.807) is 17.0 Å². The van der Waals surface area contributed by atoms with E-state index in [9.17, 15) is 18.3 Å². The van der Waals surface area contributed by atoms with Crippen molar-refractivity contribution in [3.8, 4) is 0 Å². The zero-order valence-corrected chi connectivity index (χ0v) is 11.6. The van der Waals surface area contributed by atoms with Crippen LogP contribution in [0.4, 0.5) is 0 Å². The Bertz CT molecular complexity index is 582. The minimum atomic E-state index is -3.32. The average molecular weight is 283 g/mol. The van der Waals surface area contributed by atoms with Crippen LogP contribution in [-0.4, -0.2) is 49.8 Å². The van der Waals surface area contributed by atoms with Crippen LogP contribution in [-0.2, 0) is 9.84 Å². The fourth-order valence-corrected chi connectivity index (χ4v) is 2.99. The maximum Gasteiger partial charge on any atom is 0.254 e. The van der Waals surface area contributed by atoms with Gasteiger partial charge in [-0.05, 0) is 31.0 Å². The predicted octanol–water partition coefficient (Wildman–Crippen LogP) is 0.687. The normalized spacial score (nSPS) is 19.7. The minimum absolute atomic E-state index is 0.0580. The van der Waals surface area contributed by atoms with Crippen molar-refractivity contribution in [1.29, 1.82) is 0 Å². The van der Waals surface area contributed by atoms with Crippen molar-refractivity contribution in [3.05, 3.63) is 29.8 Å². The number of sulfone groups is 1. The van der Waals surface area contributed by atoms with Gasteiger partial charge in [0.25, 0.3) is 5.91 Å². The van der Waals surface area contributed by atoms with Crippen LogP contribution in [0.2, 0.25) is 0 Å². The van der Waals surface area contributed by atoms with E-state index in [4.69, 9.17) is 0 Å². The molecule has 1 saturated heterocycles. The minimum Gasteiger partial charge on any atom is -0.394 e. The van der Waals surface area contributed by atoms with E-state index in [0.29, 0.717) is 12.1 Å². The highest BCUT2D eigenvalue weighted by Gasteiger charge is 2.29. The summed E-state index contributed by atoms with van der Waals surface area (Å²) in [4.78, 5) is 14.1. The van der Waals surface area contributed by atoms with E-state index >= 15 is 0 Å². The largest absolute Gasteiger partial charge is 0.394 e. The molecule has 1 N–H and O–H groups in total. The first kappa shape index (κ1) is 14.0. The number of hydrogen-bond donors (Lipinski definition) is 1. The fraction of sp³-hybridized carbons (Fsp3) is 0.462. The summed E-state index contributed by atoms with van der Waals surface area (Å²) in [6.45, 7) is 0.546. The SMILES string of the molecule is CS(=O)(=O)c1cccc(C(=O)N2CCC[C@@H]2CO)c1. The highest BCUT2D eigenvalue weighted by molar-refractivity contribution is 7.90. The zero-order chi connectivity index (χ0) is 14.0. The van der Waals surface area contributed by atoms with E-state index in [2.05, 4.69) is 0 Å². The van der Waals surface area contributed by atoms with Crippen LogP contribution in [0.1, 0.15) is 23.2 Å². The van der Waals surface area contributed by atoms with E-state index in [1.807, 2.05) is 0 Å². The molecule has 1 aromatic rings. The monoisotopic (exact) mass is 283 g/mol. The van der Waals surface area contributed by atoms with E-state index < -0.39 is 9.84 Å². The molecule has 0 radical (unpaired) electrons. The van der Waals surface area contributed by atoms with E-state index in [0.717, 1.165) is 19.1 Å².